The minimum absolute atomic E-state index is 0.0132. The minimum atomic E-state index is -4.88. The third kappa shape index (κ3) is 7.90. The van der Waals surface area contributed by atoms with Gasteiger partial charge in [-0.2, -0.15) is 36.5 Å². The van der Waals surface area contributed by atoms with Crippen molar-refractivity contribution in [2.24, 2.45) is 7.05 Å². The third-order valence-electron chi connectivity index (χ3n) is 9.95. The van der Waals surface area contributed by atoms with Gasteiger partial charge in [0.25, 0.3) is 11.9 Å². The second-order valence-electron chi connectivity index (χ2n) is 14.6. The number of aromatic nitrogens is 7. The first-order chi connectivity index (χ1) is 28.3. The Balaban J connectivity index is 1.23. The largest absolute Gasteiger partial charge is 0.465 e. The zero-order valence-corrected chi connectivity index (χ0v) is 32.0. The van der Waals surface area contributed by atoms with Gasteiger partial charge >= 0.3 is 18.7 Å². The van der Waals surface area contributed by atoms with E-state index in [1.807, 2.05) is 0 Å². The fourth-order valence-electron chi connectivity index (χ4n) is 7.23. The Kier molecular flexibility index (Phi) is 10.7. The van der Waals surface area contributed by atoms with E-state index in [0.29, 0.717) is 4.68 Å². The van der Waals surface area contributed by atoms with Crippen LogP contribution in [0.5, 0.6) is 0 Å². The van der Waals surface area contributed by atoms with Gasteiger partial charge in [0.05, 0.1) is 47.7 Å². The zero-order chi connectivity index (χ0) is 43.4. The van der Waals surface area contributed by atoms with Gasteiger partial charge in [-0.1, -0.05) is 12.1 Å². The maximum Gasteiger partial charge on any atom is 0.435 e. The minimum Gasteiger partial charge on any atom is -0.465 e. The van der Waals surface area contributed by atoms with Crippen molar-refractivity contribution in [1.29, 1.82) is 0 Å². The molecule has 1 aliphatic rings. The van der Waals surface area contributed by atoms with E-state index in [0.717, 1.165) is 52.0 Å². The van der Waals surface area contributed by atoms with Crippen LogP contribution in [-0.2, 0) is 42.1 Å². The van der Waals surface area contributed by atoms with Crippen LogP contribution in [0.1, 0.15) is 57.9 Å². The first kappa shape index (κ1) is 41.5. The highest BCUT2D eigenvalue weighted by Crippen LogP contribution is 2.36. The van der Waals surface area contributed by atoms with Crippen molar-refractivity contribution >= 4 is 28.8 Å². The van der Waals surface area contributed by atoms with Crippen molar-refractivity contribution in [2.75, 3.05) is 13.7 Å². The Morgan fingerprint density at radius 3 is 2.43 bits per heavy atom. The number of carbonyl (C=O) groups is 3. The maximum absolute atomic E-state index is 15.7. The fourth-order valence-corrected chi connectivity index (χ4v) is 7.23. The number of hydrogen-bond donors (Lipinski definition) is 1. The average molecular weight is 844 g/mol. The SMILES string of the molecule is COC(=O)c1cccc(-c2cc(C(F)(F)F)nn2CC(C)(C)NC(=O)[C@@H](Cc2cnn(C(F)F)c2)N2CCc3c(-c4nc5c(F)nn(C)c5cc4F)ccc(F)c3C2=O)c1. The summed E-state index contributed by atoms with van der Waals surface area (Å²) in [5, 5.41) is 13.7. The molecule has 13 nitrogen and oxygen atoms in total. The Labute approximate surface area is 334 Å². The first-order valence-corrected chi connectivity index (χ1v) is 18.0. The van der Waals surface area contributed by atoms with Gasteiger partial charge < -0.3 is 15.0 Å². The summed E-state index contributed by atoms with van der Waals surface area (Å²) >= 11 is 0. The van der Waals surface area contributed by atoms with Gasteiger partial charge in [0.15, 0.2) is 11.5 Å². The smallest absolute Gasteiger partial charge is 0.435 e. The van der Waals surface area contributed by atoms with Crippen molar-refractivity contribution in [3.8, 4) is 22.5 Å². The second-order valence-corrected chi connectivity index (χ2v) is 14.6. The van der Waals surface area contributed by atoms with E-state index in [2.05, 4.69) is 25.6 Å². The number of fused-ring (bicyclic) bond motifs is 2. The molecular formula is C39H33F8N9O4. The van der Waals surface area contributed by atoms with E-state index in [1.165, 1.54) is 51.2 Å². The van der Waals surface area contributed by atoms with Crippen LogP contribution in [0.4, 0.5) is 35.1 Å². The molecule has 21 heteroatoms. The lowest BCUT2D eigenvalue weighted by Crippen LogP contribution is -2.58. The summed E-state index contributed by atoms with van der Waals surface area (Å²) in [6.45, 7) is -0.819. The molecule has 6 aromatic rings. The van der Waals surface area contributed by atoms with Crippen molar-refractivity contribution in [1.82, 2.24) is 44.5 Å². The molecular weight excluding hydrogens is 810 g/mol. The molecule has 0 saturated heterocycles. The number of amides is 2. The van der Waals surface area contributed by atoms with Gasteiger partial charge in [-0.25, -0.2) is 23.2 Å². The molecule has 0 fully saturated rings. The quantitative estimate of drug-likeness (QED) is 0.115. The van der Waals surface area contributed by atoms with Crippen LogP contribution in [0.25, 0.3) is 33.5 Å². The number of nitrogens with zero attached hydrogens (tertiary/aromatic N) is 8. The van der Waals surface area contributed by atoms with Gasteiger partial charge in [-0.15, -0.1) is 5.10 Å². The average Bonchev–Trinajstić information content (AvgIpc) is 3.91. The molecule has 5 heterocycles. The molecule has 4 aromatic heterocycles. The van der Waals surface area contributed by atoms with E-state index in [9.17, 15) is 40.7 Å². The van der Waals surface area contributed by atoms with E-state index in [1.54, 1.807) is 0 Å². The summed E-state index contributed by atoms with van der Waals surface area (Å²) in [6, 6.07) is 7.91. The monoisotopic (exact) mass is 843 g/mol. The van der Waals surface area contributed by atoms with Crippen LogP contribution < -0.4 is 5.32 Å². The van der Waals surface area contributed by atoms with Gasteiger partial charge in [-0.05, 0) is 61.7 Å². The molecule has 2 aromatic carbocycles. The third-order valence-corrected chi connectivity index (χ3v) is 9.95. The topological polar surface area (TPSA) is 142 Å². The van der Waals surface area contributed by atoms with Crippen LogP contribution in [0.3, 0.4) is 0 Å². The van der Waals surface area contributed by atoms with E-state index in [4.69, 9.17) is 4.74 Å². The number of methoxy groups -OCH3 is 1. The van der Waals surface area contributed by atoms with Crippen LogP contribution >= 0.6 is 0 Å². The lowest BCUT2D eigenvalue weighted by molar-refractivity contribution is -0.141. The number of rotatable bonds is 11. The predicted molar refractivity (Wildman–Crippen MR) is 196 cm³/mol. The number of benzene rings is 2. The summed E-state index contributed by atoms with van der Waals surface area (Å²) < 4.78 is 122. The molecule has 1 aliphatic heterocycles. The maximum atomic E-state index is 15.7. The van der Waals surface area contributed by atoms with Crippen molar-refractivity contribution < 1.29 is 54.2 Å². The molecule has 7 rings (SSSR count). The van der Waals surface area contributed by atoms with E-state index < -0.39 is 83.9 Å². The van der Waals surface area contributed by atoms with Gasteiger partial charge in [0, 0.05) is 43.4 Å². The molecule has 0 radical (unpaired) electrons. The lowest BCUT2D eigenvalue weighted by atomic mass is 9.90. The predicted octanol–water partition coefficient (Wildman–Crippen LogP) is 6.52. The van der Waals surface area contributed by atoms with Crippen LogP contribution in [0.2, 0.25) is 0 Å². The Bertz CT molecular complexity index is 2670. The van der Waals surface area contributed by atoms with Crippen LogP contribution in [0.15, 0.2) is 60.9 Å². The number of pyridine rings is 1. The molecule has 2 amide bonds. The molecule has 1 atom stereocenters. The summed E-state index contributed by atoms with van der Waals surface area (Å²) in [5.74, 6) is -5.61. The molecule has 1 N–H and O–H groups in total. The number of hydrogen-bond acceptors (Lipinski definition) is 8. The molecule has 0 saturated carbocycles. The number of alkyl halides is 5. The van der Waals surface area contributed by atoms with Crippen molar-refractivity contribution in [2.45, 2.75) is 57.5 Å². The molecule has 314 valence electrons. The normalized spacial score (nSPS) is 13.9. The molecule has 0 bridgehead atoms. The molecule has 0 aliphatic carbocycles. The molecule has 0 unspecified atom stereocenters. The highest BCUT2D eigenvalue weighted by molar-refractivity contribution is 6.01. The van der Waals surface area contributed by atoms with Crippen LogP contribution in [-0.4, -0.2) is 82.2 Å². The standard InChI is InChI=1S/C39H33F8N9O4/c1-38(2,18-56-26(15-29(51-56)39(45,46)47)20-6-5-7-21(13-20)36(59)60-4)50-34(57)28(12-19-16-48-55(17-19)37(43)44)54-11-10-22-23(8-9-24(40)30(22)35(54)58)31-25(41)14-27-32(49-31)33(42)52-53(27)3/h5-9,13-17,28,37H,10-12,18H2,1-4H3,(H,50,57)/t28-/m1/s1. The number of aryl methyl sites for hydroxylation is 1. The lowest BCUT2D eigenvalue weighted by Gasteiger charge is -2.37. The Morgan fingerprint density at radius 2 is 1.75 bits per heavy atom. The highest BCUT2D eigenvalue weighted by atomic mass is 19.4. The molecule has 60 heavy (non-hydrogen) atoms. The highest BCUT2D eigenvalue weighted by Gasteiger charge is 2.40. The number of nitrogens with one attached hydrogen (secondary N) is 1. The van der Waals surface area contributed by atoms with Gasteiger partial charge in [-0.3, -0.25) is 19.0 Å². The summed E-state index contributed by atoms with van der Waals surface area (Å²) in [5.41, 5.74) is -3.67. The summed E-state index contributed by atoms with van der Waals surface area (Å²) in [7, 11) is 2.53. The van der Waals surface area contributed by atoms with E-state index >= 15 is 8.78 Å². The van der Waals surface area contributed by atoms with Gasteiger partial charge in [0.2, 0.25) is 5.91 Å². The van der Waals surface area contributed by atoms with Crippen LogP contribution in [0, 0.1) is 17.6 Å². The Hall–Kier alpha value is -6.67. The number of carbonyl (C=O) groups excluding carboxylic acids is 3. The first-order valence-electron chi connectivity index (χ1n) is 18.0. The second kappa shape index (κ2) is 15.5. The van der Waals surface area contributed by atoms with Gasteiger partial charge in [0.1, 0.15) is 23.1 Å². The van der Waals surface area contributed by atoms with E-state index in [-0.39, 0.29) is 63.2 Å². The Morgan fingerprint density at radius 1 is 1.00 bits per heavy atom. The summed E-state index contributed by atoms with van der Waals surface area (Å²) in [6.07, 6.45) is -3.47. The summed E-state index contributed by atoms with van der Waals surface area (Å²) in [4.78, 5) is 46.0. The fraction of sp³-hybridized carbons (Fsp3) is 0.308. The number of ether oxygens (including phenoxy) is 1. The number of halogens is 8. The van der Waals surface area contributed by atoms with Crippen molar-refractivity contribution in [3.63, 3.8) is 0 Å². The molecule has 0 spiro atoms. The zero-order valence-electron chi connectivity index (χ0n) is 32.0. The number of esters is 1. The van der Waals surface area contributed by atoms with Crippen molar-refractivity contribution in [3.05, 3.63) is 106 Å².